The molecule has 0 aliphatic carbocycles. The van der Waals surface area contributed by atoms with Crippen LogP contribution in [0.3, 0.4) is 0 Å². The first-order valence-corrected chi connectivity index (χ1v) is 12.5. The molecule has 1 saturated heterocycles. The van der Waals surface area contributed by atoms with Gasteiger partial charge in [0.1, 0.15) is 5.75 Å². The van der Waals surface area contributed by atoms with Gasteiger partial charge in [-0.2, -0.15) is 0 Å². The Balaban J connectivity index is 1.11. The molecule has 3 aromatic rings. The zero-order valence-electron chi connectivity index (χ0n) is 20.7. The summed E-state index contributed by atoms with van der Waals surface area (Å²) in [5.41, 5.74) is 2.95. The molecule has 196 valence electrons. The molecule has 0 radical (unpaired) electrons. The number of rotatable bonds is 8. The number of amides is 3. The van der Waals surface area contributed by atoms with Crippen LogP contribution in [0.2, 0.25) is 5.02 Å². The number of halogens is 1. The fourth-order valence-corrected chi connectivity index (χ4v) is 4.49. The summed E-state index contributed by atoms with van der Waals surface area (Å²) in [5.74, 6) is 0.747. The van der Waals surface area contributed by atoms with E-state index in [1.165, 1.54) is 0 Å². The van der Waals surface area contributed by atoms with Crippen molar-refractivity contribution in [1.29, 1.82) is 0 Å². The molecule has 38 heavy (non-hydrogen) atoms. The minimum absolute atomic E-state index is 0.127. The van der Waals surface area contributed by atoms with Crippen molar-refractivity contribution in [3.05, 3.63) is 76.8 Å². The predicted molar refractivity (Wildman–Crippen MR) is 142 cm³/mol. The van der Waals surface area contributed by atoms with E-state index in [9.17, 15) is 14.4 Å². The van der Waals surface area contributed by atoms with Crippen LogP contribution in [-0.2, 0) is 20.9 Å². The number of anilines is 2. The zero-order valence-corrected chi connectivity index (χ0v) is 21.4. The highest BCUT2D eigenvalue weighted by atomic mass is 35.5. The molecule has 0 unspecified atom stereocenters. The second-order valence-corrected chi connectivity index (χ2v) is 9.46. The third-order valence-electron chi connectivity index (χ3n) is 6.46. The number of hydrogen-bond acceptors (Lipinski definition) is 6. The minimum atomic E-state index is -0.453. The number of carbonyl (C=O) groups is 3. The standard InChI is InChI=1S/C28H26ClN3O6/c1-17-22(29)3-2-4-23(17)31-26(33)15-36-21-8-6-20(7-9-21)32-14-19(12-27(32)34)28(35)30-13-18-5-10-24-25(11-18)38-16-37-24/h2-11,19H,12-16H2,1H3,(H,30,35)(H,31,33)/t19-/m0/s1. The van der Waals surface area contributed by atoms with E-state index in [1.54, 1.807) is 47.4 Å². The van der Waals surface area contributed by atoms with Gasteiger partial charge < -0.3 is 29.7 Å². The summed E-state index contributed by atoms with van der Waals surface area (Å²) in [5, 5.41) is 6.25. The smallest absolute Gasteiger partial charge is 0.262 e. The molecule has 3 aromatic carbocycles. The number of ether oxygens (including phenoxy) is 3. The summed E-state index contributed by atoms with van der Waals surface area (Å²) in [7, 11) is 0. The summed E-state index contributed by atoms with van der Waals surface area (Å²) in [6.07, 6.45) is 0.133. The van der Waals surface area contributed by atoms with Gasteiger partial charge in [0.05, 0.1) is 5.92 Å². The number of nitrogens with zero attached hydrogens (tertiary/aromatic N) is 1. The third kappa shape index (κ3) is 5.68. The molecule has 0 saturated carbocycles. The van der Waals surface area contributed by atoms with E-state index in [1.807, 2.05) is 25.1 Å². The molecule has 5 rings (SSSR count). The molecule has 1 atom stereocenters. The van der Waals surface area contributed by atoms with Gasteiger partial charge in [0.2, 0.25) is 18.6 Å². The molecule has 3 amide bonds. The Hall–Kier alpha value is -4.24. The lowest BCUT2D eigenvalue weighted by atomic mass is 10.1. The van der Waals surface area contributed by atoms with Crippen molar-refractivity contribution in [3.63, 3.8) is 0 Å². The molecule has 2 N–H and O–H groups in total. The molecular weight excluding hydrogens is 510 g/mol. The highest BCUT2D eigenvalue weighted by Gasteiger charge is 2.35. The molecule has 2 aliphatic rings. The van der Waals surface area contributed by atoms with Gasteiger partial charge in [-0.3, -0.25) is 14.4 Å². The maximum absolute atomic E-state index is 12.7. The van der Waals surface area contributed by atoms with Gasteiger partial charge in [0.25, 0.3) is 5.91 Å². The summed E-state index contributed by atoms with van der Waals surface area (Å²) < 4.78 is 16.3. The van der Waals surface area contributed by atoms with E-state index in [0.717, 1.165) is 11.1 Å². The van der Waals surface area contributed by atoms with E-state index in [0.29, 0.717) is 40.2 Å². The lowest BCUT2D eigenvalue weighted by Gasteiger charge is -2.17. The average molecular weight is 536 g/mol. The quantitative estimate of drug-likeness (QED) is 0.450. The van der Waals surface area contributed by atoms with Crippen LogP contribution in [0, 0.1) is 12.8 Å². The molecule has 0 spiro atoms. The van der Waals surface area contributed by atoms with Crippen molar-refractivity contribution in [1.82, 2.24) is 5.32 Å². The summed E-state index contributed by atoms with van der Waals surface area (Å²) in [6, 6.07) is 17.6. The zero-order chi connectivity index (χ0) is 26.6. The highest BCUT2D eigenvalue weighted by molar-refractivity contribution is 6.31. The maximum atomic E-state index is 12.7. The van der Waals surface area contributed by atoms with Gasteiger partial charge in [0, 0.05) is 35.9 Å². The highest BCUT2D eigenvalue weighted by Crippen LogP contribution is 2.32. The molecule has 2 aliphatic heterocycles. The Kier molecular flexibility index (Phi) is 7.37. The Labute approximate surface area is 224 Å². The SMILES string of the molecule is Cc1c(Cl)cccc1NC(=O)COc1ccc(N2C[C@@H](C(=O)NCc3ccc4c(c3)OCO4)CC2=O)cc1. The van der Waals surface area contributed by atoms with Crippen molar-refractivity contribution in [2.45, 2.75) is 19.9 Å². The Morgan fingerprint density at radius 2 is 1.87 bits per heavy atom. The maximum Gasteiger partial charge on any atom is 0.262 e. The van der Waals surface area contributed by atoms with Crippen molar-refractivity contribution in [2.75, 3.05) is 30.2 Å². The van der Waals surface area contributed by atoms with Crippen LogP contribution in [0.15, 0.2) is 60.7 Å². The van der Waals surface area contributed by atoms with Crippen LogP contribution in [0.4, 0.5) is 11.4 Å². The predicted octanol–water partition coefficient (Wildman–Crippen LogP) is 4.06. The lowest BCUT2D eigenvalue weighted by molar-refractivity contribution is -0.126. The Morgan fingerprint density at radius 1 is 1.08 bits per heavy atom. The molecule has 9 nitrogen and oxygen atoms in total. The number of fused-ring (bicyclic) bond motifs is 1. The fraction of sp³-hybridized carbons (Fsp3) is 0.250. The Bertz CT molecular complexity index is 1380. The first-order valence-electron chi connectivity index (χ1n) is 12.1. The summed E-state index contributed by atoms with van der Waals surface area (Å²) >= 11 is 6.09. The molecule has 2 heterocycles. The number of hydrogen-bond donors (Lipinski definition) is 2. The van der Waals surface area contributed by atoms with Crippen LogP contribution in [0.1, 0.15) is 17.5 Å². The van der Waals surface area contributed by atoms with E-state index < -0.39 is 5.92 Å². The molecule has 0 aromatic heterocycles. The first-order chi connectivity index (χ1) is 18.4. The van der Waals surface area contributed by atoms with Crippen molar-refractivity contribution < 1.29 is 28.6 Å². The monoisotopic (exact) mass is 535 g/mol. The van der Waals surface area contributed by atoms with E-state index in [4.69, 9.17) is 25.8 Å². The lowest BCUT2D eigenvalue weighted by Crippen LogP contribution is -2.32. The number of benzene rings is 3. The van der Waals surface area contributed by atoms with Crippen LogP contribution in [0.5, 0.6) is 17.2 Å². The fourth-order valence-electron chi connectivity index (χ4n) is 4.32. The summed E-state index contributed by atoms with van der Waals surface area (Å²) in [6.45, 7) is 2.45. The van der Waals surface area contributed by atoms with E-state index in [-0.39, 0.29) is 44.1 Å². The minimum Gasteiger partial charge on any atom is -0.484 e. The second kappa shape index (κ2) is 11.0. The summed E-state index contributed by atoms with van der Waals surface area (Å²) in [4.78, 5) is 39.2. The molecular formula is C28H26ClN3O6. The van der Waals surface area contributed by atoms with Gasteiger partial charge in [-0.25, -0.2) is 0 Å². The van der Waals surface area contributed by atoms with Crippen molar-refractivity contribution in [3.8, 4) is 17.2 Å². The van der Waals surface area contributed by atoms with Crippen LogP contribution < -0.4 is 29.7 Å². The Morgan fingerprint density at radius 3 is 2.68 bits per heavy atom. The normalized spacial score (nSPS) is 15.9. The first kappa shape index (κ1) is 25.4. The topological polar surface area (TPSA) is 106 Å². The number of carbonyl (C=O) groups excluding carboxylic acids is 3. The van der Waals surface area contributed by atoms with Crippen LogP contribution >= 0.6 is 11.6 Å². The largest absolute Gasteiger partial charge is 0.484 e. The molecule has 1 fully saturated rings. The molecule has 0 bridgehead atoms. The average Bonchev–Trinajstić information content (AvgIpc) is 3.55. The van der Waals surface area contributed by atoms with Gasteiger partial charge in [0.15, 0.2) is 18.1 Å². The van der Waals surface area contributed by atoms with Gasteiger partial charge in [-0.1, -0.05) is 23.7 Å². The van der Waals surface area contributed by atoms with Gasteiger partial charge in [-0.05, 0) is 66.6 Å². The number of nitrogens with one attached hydrogen (secondary N) is 2. The van der Waals surface area contributed by atoms with E-state index in [2.05, 4.69) is 10.6 Å². The van der Waals surface area contributed by atoms with Crippen LogP contribution in [-0.4, -0.2) is 37.7 Å². The van der Waals surface area contributed by atoms with Crippen molar-refractivity contribution in [2.24, 2.45) is 5.92 Å². The third-order valence-corrected chi connectivity index (χ3v) is 6.87. The second-order valence-electron chi connectivity index (χ2n) is 9.05. The van der Waals surface area contributed by atoms with Gasteiger partial charge >= 0.3 is 0 Å². The van der Waals surface area contributed by atoms with Crippen LogP contribution in [0.25, 0.3) is 0 Å². The van der Waals surface area contributed by atoms with E-state index >= 15 is 0 Å². The van der Waals surface area contributed by atoms with Gasteiger partial charge in [-0.15, -0.1) is 0 Å². The van der Waals surface area contributed by atoms with Crippen molar-refractivity contribution >= 4 is 40.7 Å². The molecule has 10 heteroatoms.